The van der Waals surface area contributed by atoms with Crippen LogP contribution in [-0.4, -0.2) is 62.5 Å². The van der Waals surface area contributed by atoms with Crippen LogP contribution in [0.2, 0.25) is 0 Å². The maximum Gasteiger partial charge on any atom is 0.222 e. The Hall–Kier alpha value is -0.370. The van der Waals surface area contributed by atoms with Gasteiger partial charge in [0, 0.05) is 32.6 Å². The molecule has 1 amide bonds. The minimum atomic E-state index is -3.12. The van der Waals surface area contributed by atoms with Crippen LogP contribution in [0.4, 0.5) is 0 Å². The van der Waals surface area contributed by atoms with Crippen LogP contribution in [0.15, 0.2) is 0 Å². The van der Waals surface area contributed by atoms with Crippen molar-refractivity contribution in [2.45, 2.75) is 12.8 Å². The molecular weight excluding hydrogens is 266 g/mol. The van der Waals surface area contributed by atoms with Crippen LogP contribution in [0, 0.1) is 0 Å². The number of piperazine rings is 1. The first kappa shape index (κ1) is 16.6. The van der Waals surface area contributed by atoms with E-state index in [9.17, 15) is 13.2 Å². The molecule has 1 rings (SSSR count). The highest BCUT2D eigenvalue weighted by molar-refractivity contribution is 7.88. The molecule has 0 aromatic rings. The summed E-state index contributed by atoms with van der Waals surface area (Å²) in [5.41, 5.74) is 5.33. The van der Waals surface area contributed by atoms with Crippen molar-refractivity contribution in [3.05, 3.63) is 0 Å². The van der Waals surface area contributed by atoms with Crippen LogP contribution in [0.25, 0.3) is 0 Å². The molecule has 2 N–H and O–H groups in total. The van der Waals surface area contributed by atoms with Gasteiger partial charge in [-0.05, 0) is 13.0 Å². The van der Waals surface area contributed by atoms with E-state index in [4.69, 9.17) is 5.73 Å². The molecular formula is C9H20ClN3O3S. The van der Waals surface area contributed by atoms with Crippen LogP contribution < -0.4 is 5.73 Å². The average molecular weight is 286 g/mol. The van der Waals surface area contributed by atoms with Crippen molar-refractivity contribution in [2.75, 3.05) is 39.0 Å². The van der Waals surface area contributed by atoms with E-state index in [0.717, 1.165) is 0 Å². The van der Waals surface area contributed by atoms with Crippen molar-refractivity contribution in [1.82, 2.24) is 9.21 Å². The molecule has 0 radical (unpaired) electrons. The normalized spacial score (nSPS) is 17.6. The molecule has 0 saturated carbocycles. The van der Waals surface area contributed by atoms with Gasteiger partial charge in [0.2, 0.25) is 15.9 Å². The number of rotatable bonds is 4. The smallest absolute Gasteiger partial charge is 0.222 e. The molecule has 6 nitrogen and oxygen atoms in total. The summed E-state index contributed by atoms with van der Waals surface area (Å²) >= 11 is 0. The Balaban J connectivity index is 0.00000256. The fourth-order valence-electron chi connectivity index (χ4n) is 1.68. The zero-order valence-electron chi connectivity index (χ0n) is 9.96. The van der Waals surface area contributed by atoms with E-state index in [2.05, 4.69) is 0 Å². The molecule has 0 atom stereocenters. The molecule has 102 valence electrons. The van der Waals surface area contributed by atoms with Gasteiger partial charge in [0.05, 0.1) is 6.26 Å². The van der Waals surface area contributed by atoms with Crippen LogP contribution in [-0.2, 0) is 14.8 Å². The third-order valence-corrected chi connectivity index (χ3v) is 3.96. The Morgan fingerprint density at radius 1 is 1.24 bits per heavy atom. The van der Waals surface area contributed by atoms with Gasteiger partial charge in [-0.15, -0.1) is 12.4 Å². The van der Waals surface area contributed by atoms with Crippen molar-refractivity contribution in [3.8, 4) is 0 Å². The first-order chi connectivity index (χ1) is 7.45. The fraction of sp³-hybridized carbons (Fsp3) is 0.889. The summed E-state index contributed by atoms with van der Waals surface area (Å²) in [7, 11) is -3.12. The summed E-state index contributed by atoms with van der Waals surface area (Å²) in [6.07, 6.45) is 2.33. The lowest BCUT2D eigenvalue weighted by molar-refractivity contribution is -0.132. The second-order valence-corrected chi connectivity index (χ2v) is 5.92. The maximum absolute atomic E-state index is 11.6. The lowest BCUT2D eigenvalue weighted by atomic mass is 10.2. The molecule has 1 heterocycles. The Kier molecular flexibility index (Phi) is 6.99. The van der Waals surface area contributed by atoms with Crippen molar-refractivity contribution < 1.29 is 13.2 Å². The summed E-state index contributed by atoms with van der Waals surface area (Å²) in [4.78, 5) is 13.3. The standard InChI is InChI=1S/C9H19N3O3S.ClH/c1-16(14,15)12-7-5-11(6-8-12)9(13)3-2-4-10;/h2-8,10H2,1H3;1H. The zero-order valence-corrected chi connectivity index (χ0v) is 11.6. The van der Waals surface area contributed by atoms with Crippen LogP contribution in [0.1, 0.15) is 12.8 Å². The number of nitrogens with zero attached hydrogens (tertiary/aromatic N) is 2. The number of carbonyl (C=O) groups is 1. The largest absolute Gasteiger partial charge is 0.340 e. The van der Waals surface area contributed by atoms with Gasteiger partial charge in [0.1, 0.15) is 0 Å². The van der Waals surface area contributed by atoms with E-state index < -0.39 is 10.0 Å². The quantitative estimate of drug-likeness (QED) is 0.737. The first-order valence-corrected chi connectivity index (χ1v) is 7.23. The molecule has 1 fully saturated rings. The minimum absolute atomic E-state index is 0. The van der Waals surface area contributed by atoms with Gasteiger partial charge in [-0.25, -0.2) is 8.42 Å². The van der Waals surface area contributed by atoms with Gasteiger partial charge in [-0.2, -0.15) is 4.31 Å². The number of hydrogen-bond donors (Lipinski definition) is 1. The lowest BCUT2D eigenvalue weighted by Crippen LogP contribution is -2.50. The van der Waals surface area contributed by atoms with Crippen molar-refractivity contribution in [2.24, 2.45) is 5.73 Å². The summed E-state index contributed by atoms with van der Waals surface area (Å²) < 4.78 is 23.9. The average Bonchev–Trinajstić information content (AvgIpc) is 2.25. The number of amides is 1. The SMILES string of the molecule is CS(=O)(=O)N1CCN(C(=O)CCCN)CC1.Cl. The van der Waals surface area contributed by atoms with Crippen molar-refractivity contribution >= 4 is 28.3 Å². The van der Waals surface area contributed by atoms with Gasteiger partial charge < -0.3 is 10.6 Å². The lowest BCUT2D eigenvalue weighted by Gasteiger charge is -2.33. The molecule has 1 saturated heterocycles. The number of nitrogens with two attached hydrogens (primary N) is 1. The van der Waals surface area contributed by atoms with E-state index in [1.165, 1.54) is 10.6 Å². The Morgan fingerprint density at radius 2 is 1.76 bits per heavy atom. The van der Waals surface area contributed by atoms with Crippen LogP contribution in [0.5, 0.6) is 0 Å². The molecule has 0 spiro atoms. The number of halogens is 1. The van der Waals surface area contributed by atoms with Gasteiger partial charge >= 0.3 is 0 Å². The highest BCUT2D eigenvalue weighted by Crippen LogP contribution is 2.07. The third-order valence-electron chi connectivity index (χ3n) is 2.66. The number of sulfonamides is 1. The summed E-state index contributed by atoms with van der Waals surface area (Å²) in [5.74, 6) is 0.0681. The molecule has 17 heavy (non-hydrogen) atoms. The highest BCUT2D eigenvalue weighted by atomic mass is 35.5. The fourth-order valence-corrected chi connectivity index (χ4v) is 2.51. The van der Waals surface area contributed by atoms with E-state index in [1.807, 2.05) is 0 Å². The number of carbonyl (C=O) groups excluding carboxylic acids is 1. The predicted octanol–water partition coefficient (Wildman–Crippen LogP) is -0.749. The monoisotopic (exact) mass is 285 g/mol. The summed E-state index contributed by atoms with van der Waals surface area (Å²) in [6, 6.07) is 0. The van der Waals surface area contributed by atoms with Crippen molar-refractivity contribution in [1.29, 1.82) is 0 Å². The summed E-state index contributed by atoms with van der Waals surface area (Å²) in [5, 5.41) is 0. The van der Waals surface area contributed by atoms with Gasteiger partial charge in [0.15, 0.2) is 0 Å². The Labute approximate surface area is 109 Å². The maximum atomic E-state index is 11.6. The van der Waals surface area contributed by atoms with Crippen molar-refractivity contribution in [3.63, 3.8) is 0 Å². The van der Waals surface area contributed by atoms with Gasteiger partial charge in [0.25, 0.3) is 0 Å². The molecule has 8 heteroatoms. The van der Waals surface area contributed by atoms with Gasteiger partial charge in [-0.3, -0.25) is 4.79 Å². The molecule has 0 unspecified atom stereocenters. The topological polar surface area (TPSA) is 83.7 Å². The highest BCUT2D eigenvalue weighted by Gasteiger charge is 2.25. The summed E-state index contributed by atoms with van der Waals surface area (Å²) in [6.45, 7) is 2.27. The molecule has 0 bridgehead atoms. The Morgan fingerprint density at radius 3 is 2.18 bits per heavy atom. The molecule has 0 aliphatic carbocycles. The van der Waals surface area contributed by atoms with E-state index >= 15 is 0 Å². The second-order valence-electron chi connectivity index (χ2n) is 3.94. The Bertz CT molecular complexity index is 339. The van der Waals surface area contributed by atoms with E-state index in [-0.39, 0.29) is 18.3 Å². The van der Waals surface area contributed by atoms with E-state index in [1.54, 1.807) is 4.90 Å². The first-order valence-electron chi connectivity index (χ1n) is 5.38. The minimum Gasteiger partial charge on any atom is -0.340 e. The molecule has 1 aliphatic heterocycles. The molecule has 1 aliphatic rings. The predicted molar refractivity (Wildman–Crippen MR) is 68.5 cm³/mol. The van der Waals surface area contributed by atoms with Crippen LogP contribution in [0.3, 0.4) is 0 Å². The molecule has 0 aromatic carbocycles. The number of hydrogen-bond acceptors (Lipinski definition) is 4. The molecule has 0 aromatic heterocycles. The zero-order chi connectivity index (χ0) is 12.2. The second kappa shape index (κ2) is 7.15. The van der Waals surface area contributed by atoms with E-state index in [0.29, 0.717) is 45.6 Å². The third kappa shape index (κ3) is 5.20. The van der Waals surface area contributed by atoms with Crippen LogP contribution >= 0.6 is 12.4 Å². The van der Waals surface area contributed by atoms with Gasteiger partial charge in [-0.1, -0.05) is 0 Å².